The third-order valence-corrected chi connectivity index (χ3v) is 3.43. The first-order chi connectivity index (χ1) is 11.0. The van der Waals surface area contributed by atoms with Gasteiger partial charge in [0.2, 0.25) is 0 Å². The van der Waals surface area contributed by atoms with Gasteiger partial charge < -0.3 is 14.6 Å². The molecule has 1 N–H and O–H groups in total. The summed E-state index contributed by atoms with van der Waals surface area (Å²) in [6.07, 6.45) is -0.712. The van der Waals surface area contributed by atoms with E-state index in [2.05, 4.69) is 0 Å². The maximum absolute atomic E-state index is 11.6. The van der Waals surface area contributed by atoms with Gasteiger partial charge in [0.15, 0.2) is 6.10 Å². The molecule has 0 unspecified atom stereocenters. The Balaban J connectivity index is 2.21. The Morgan fingerprint density at radius 3 is 2.39 bits per heavy atom. The number of hydrogen-bond donors (Lipinski definition) is 1. The lowest BCUT2D eigenvalue weighted by atomic mass is 10.1. The van der Waals surface area contributed by atoms with Crippen LogP contribution in [0, 0.1) is 13.8 Å². The van der Waals surface area contributed by atoms with E-state index in [0.717, 1.165) is 16.7 Å². The van der Waals surface area contributed by atoms with Gasteiger partial charge in [-0.1, -0.05) is 24.3 Å². The van der Waals surface area contributed by atoms with Gasteiger partial charge in [-0.05, 0) is 55.7 Å². The SMILES string of the molecule is CCOc1ccccc1C[C@@H](Oc1cc(C)cc(C)c1)C(=O)O. The zero-order chi connectivity index (χ0) is 16.8. The van der Waals surface area contributed by atoms with Crippen molar-refractivity contribution >= 4 is 5.97 Å². The first kappa shape index (κ1) is 16.9. The lowest BCUT2D eigenvalue weighted by molar-refractivity contribution is -0.145. The predicted octanol–water partition coefficient (Wildman–Crippen LogP) is 3.78. The van der Waals surface area contributed by atoms with Crippen LogP contribution in [0.25, 0.3) is 0 Å². The number of hydrogen-bond acceptors (Lipinski definition) is 3. The Bertz CT molecular complexity index is 659. The lowest BCUT2D eigenvalue weighted by Crippen LogP contribution is -2.29. The second kappa shape index (κ2) is 7.68. The van der Waals surface area contributed by atoms with E-state index in [0.29, 0.717) is 18.1 Å². The summed E-state index contributed by atoms with van der Waals surface area (Å²) in [6, 6.07) is 13.2. The number of aliphatic carboxylic acids is 1. The number of aryl methyl sites for hydroxylation is 2. The van der Waals surface area contributed by atoms with Crippen LogP contribution < -0.4 is 9.47 Å². The molecule has 2 aromatic rings. The molecular weight excluding hydrogens is 292 g/mol. The van der Waals surface area contributed by atoms with Crippen molar-refractivity contribution in [1.82, 2.24) is 0 Å². The van der Waals surface area contributed by atoms with Crippen LogP contribution in [0.5, 0.6) is 11.5 Å². The molecule has 122 valence electrons. The van der Waals surface area contributed by atoms with Crippen LogP contribution in [0.3, 0.4) is 0 Å². The molecule has 4 nitrogen and oxygen atoms in total. The van der Waals surface area contributed by atoms with E-state index in [4.69, 9.17) is 9.47 Å². The van der Waals surface area contributed by atoms with Crippen molar-refractivity contribution in [2.45, 2.75) is 33.3 Å². The summed E-state index contributed by atoms with van der Waals surface area (Å²) >= 11 is 0. The number of para-hydroxylation sites is 1. The second-order valence-electron chi connectivity index (χ2n) is 5.51. The fraction of sp³-hybridized carbons (Fsp3) is 0.316. The summed E-state index contributed by atoms with van der Waals surface area (Å²) in [4.78, 5) is 11.6. The molecule has 0 radical (unpaired) electrons. The summed E-state index contributed by atoms with van der Waals surface area (Å²) in [5, 5.41) is 9.49. The van der Waals surface area contributed by atoms with Crippen LogP contribution in [0.4, 0.5) is 0 Å². The number of ether oxygens (including phenoxy) is 2. The van der Waals surface area contributed by atoms with E-state index >= 15 is 0 Å². The molecule has 1 atom stereocenters. The van der Waals surface area contributed by atoms with Crippen molar-refractivity contribution in [1.29, 1.82) is 0 Å². The monoisotopic (exact) mass is 314 g/mol. The van der Waals surface area contributed by atoms with E-state index < -0.39 is 12.1 Å². The predicted molar refractivity (Wildman–Crippen MR) is 89.3 cm³/mol. The first-order valence-corrected chi connectivity index (χ1v) is 7.68. The van der Waals surface area contributed by atoms with Crippen LogP contribution in [0.2, 0.25) is 0 Å². The van der Waals surface area contributed by atoms with Gasteiger partial charge in [-0.15, -0.1) is 0 Å². The van der Waals surface area contributed by atoms with Gasteiger partial charge in [-0.2, -0.15) is 0 Å². The quantitative estimate of drug-likeness (QED) is 0.845. The molecule has 2 rings (SSSR count). The number of carboxylic acid groups (broad SMARTS) is 1. The molecule has 0 spiro atoms. The summed E-state index contributed by atoms with van der Waals surface area (Å²) in [7, 11) is 0. The zero-order valence-electron chi connectivity index (χ0n) is 13.7. The fourth-order valence-corrected chi connectivity index (χ4v) is 2.51. The smallest absolute Gasteiger partial charge is 0.345 e. The Labute approximate surface area is 136 Å². The molecule has 0 saturated carbocycles. The third-order valence-electron chi connectivity index (χ3n) is 3.43. The maximum Gasteiger partial charge on any atom is 0.345 e. The van der Waals surface area contributed by atoms with Crippen molar-refractivity contribution < 1.29 is 19.4 Å². The molecule has 0 aliphatic heterocycles. The van der Waals surface area contributed by atoms with Gasteiger partial charge >= 0.3 is 5.97 Å². The lowest BCUT2D eigenvalue weighted by Gasteiger charge is -2.18. The van der Waals surface area contributed by atoms with Crippen molar-refractivity contribution in [3.63, 3.8) is 0 Å². The van der Waals surface area contributed by atoms with Gasteiger partial charge in [0.05, 0.1) is 6.61 Å². The van der Waals surface area contributed by atoms with E-state index in [1.54, 1.807) is 0 Å². The topological polar surface area (TPSA) is 55.8 Å². The van der Waals surface area contributed by atoms with E-state index in [1.165, 1.54) is 0 Å². The average molecular weight is 314 g/mol. The van der Waals surface area contributed by atoms with E-state index in [9.17, 15) is 9.90 Å². The summed E-state index contributed by atoms with van der Waals surface area (Å²) in [5.74, 6) is 0.282. The van der Waals surface area contributed by atoms with E-state index in [-0.39, 0.29) is 6.42 Å². The molecule has 0 amide bonds. The van der Waals surface area contributed by atoms with Gasteiger partial charge in [-0.3, -0.25) is 0 Å². The van der Waals surface area contributed by atoms with Crippen LogP contribution in [0.1, 0.15) is 23.6 Å². The van der Waals surface area contributed by atoms with Gasteiger partial charge in [0, 0.05) is 6.42 Å². The summed E-state index contributed by atoms with van der Waals surface area (Å²) < 4.78 is 11.3. The number of carbonyl (C=O) groups is 1. The standard InChI is InChI=1S/C19H22O4/c1-4-22-17-8-6-5-7-15(17)12-18(19(20)21)23-16-10-13(2)9-14(3)11-16/h5-11,18H,4,12H2,1-3H3,(H,20,21)/t18-/m1/s1. The highest BCUT2D eigenvalue weighted by Gasteiger charge is 2.22. The highest BCUT2D eigenvalue weighted by Crippen LogP contribution is 2.23. The molecule has 0 heterocycles. The highest BCUT2D eigenvalue weighted by atomic mass is 16.5. The Kier molecular flexibility index (Phi) is 5.63. The zero-order valence-corrected chi connectivity index (χ0v) is 13.7. The molecular formula is C19H22O4. The third kappa shape index (κ3) is 4.74. The number of carboxylic acids is 1. The minimum absolute atomic E-state index is 0.249. The minimum atomic E-state index is -0.990. The van der Waals surface area contributed by atoms with Crippen molar-refractivity contribution in [2.75, 3.05) is 6.61 Å². The van der Waals surface area contributed by atoms with Crippen molar-refractivity contribution in [3.05, 3.63) is 59.2 Å². The molecule has 0 bridgehead atoms. The first-order valence-electron chi connectivity index (χ1n) is 7.68. The second-order valence-corrected chi connectivity index (χ2v) is 5.51. The number of rotatable bonds is 7. The summed E-state index contributed by atoms with van der Waals surface area (Å²) in [6.45, 7) is 6.35. The fourth-order valence-electron chi connectivity index (χ4n) is 2.51. The van der Waals surface area contributed by atoms with Crippen LogP contribution >= 0.6 is 0 Å². The van der Waals surface area contributed by atoms with Crippen molar-refractivity contribution in [3.8, 4) is 11.5 Å². The van der Waals surface area contributed by atoms with Crippen LogP contribution in [0.15, 0.2) is 42.5 Å². The molecule has 0 aliphatic carbocycles. The summed E-state index contributed by atoms with van der Waals surface area (Å²) in [5.41, 5.74) is 2.91. The van der Waals surface area contributed by atoms with Gasteiger partial charge in [0.25, 0.3) is 0 Å². The normalized spacial score (nSPS) is 11.8. The molecule has 2 aromatic carbocycles. The Hall–Kier alpha value is -2.49. The molecule has 4 heteroatoms. The minimum Gasteiger partial charge on any atom is -0.494 e. The Morgan fingerprint density at radius 2 is 1.78 bits per heavy atom. The average Bonchev–Trinajstić information content (AvgIpc) is 2.47. The molecule has 0 saturated heterocycles. The highest BCUT2D eigenvalue weighted by molar-refractivity contribution is 5.73. The number of benzene rings is 2. The van der Waals surface area contributed by atoms with Gasteiger partial charge in [-0.25, -0.2) is 4.79 Å². The molecule has 0 fully saturated rings. The van der Waals surface area contributed by atoms with Crippen LogP contribution in [-0.2, 0) is 11.2 Å². The molecule has 0 aromatic heterocycles. The van der Waals surface area contributed by atoms with Crippen molar-refractivity contribution in [2.24, 2.45) is 0 Å². The van der Waals surface area contributed by atoms with Crippen LogP contribution in [-0.4, -0.2) is 23.8 Å². The Morgan fingerprint density at radius 1 is 1.13 bits per heavy atom. The van der Waals surface area contributed by atoms with Gasteiger partial charge in [0.1, 0.15) is 11.5 Å². The maximum atomic E-state index is 11.6. The molecule has 0 aliphatic rings. The van der Waals surface area contributed by atoms with E-state index in [1.807, 2.05) is 63.2 Å². The molecule has 23 heavy (non-hydrogen) atoms. The largest absolute Gasteiger partial charge is 0.494 e.